The average Bonchev–Trinajstić information content (AvgIpc) is 3.38. The van der Waals surface area contributed by atoms with Gasteiger partial charge in [0.1, 0.15) is 6.10 Å². The molecule has 1 amide bonds. The van der Waals surface area contributed by atoms with Crippen molar-refractivity contribution in [2.75, 3.05) is 6.54 Å². The molecule has 1 heterocycles. The van der Waals surface area contributed by atoms with E-state index in [1.54, 1.807) is 24.5 Å². The smallest absolute Gasteiger partial charge is 0.309 e. The highest BCUT2D eigenvalue weighted by Crippen LogP contribution is 2.77. The zero-order valence-electron chi connectivity index (χ0n) is 33.8. The molecule has 1 aromatic rings. The average molecular weight is 729 g/mol. The molecule has 0 bridgehead atoms. The summed E-state index contributed by atoms with van der Waals surface area (Å²) in [5.74, 6) is -0.235. The summed E-state index contributed by atoms with van der Waals surface area (Å²) in [5.41, 5.74) is 2.39. The Morgan fingerprint density at radius 1 is 0.868 bits per heavy atom. The van der Waals surface area contributed by atoms with E-state index in [9.17, 15) is 24.3 Å². The topological polar surface area (TPSA) is 123 Å². The van der Waals surface area contributed by atoms with Gasteiger partial charge in [-0.2, -0.15) is 0 Å². The molecule has 10 atom stereocenters. The number of ether oxygens (including phenoxy) is 1. The van der Waals surface area contributed by atoms with Gasteiger partial charge in [0.25, 0.3) is 5.91 Å². The first-order chi connectivity index (χ1) is 24.7. The molecule has 6 aliphatic carbocycles. The maximum Gasteiger partial charge on any atom is 0.309 e. The summed E-state index contributed by atoms with van der Waals surface area (Å²) in [4.78, 5) is 56.4. The number of nitrogens with one attached hydrogen (secondary N) is 1. The molecule has 5 saturated carbocycles. The van der Waals surface area contributed by atoms with Crippen LogP contribution in [0.3, 0.4) is 0 Å². The number of rotatable bonds is 8. The van der Waals surface area contributed by atoms with Crippen molar-refractivity contribution in [2.24, 2.45) is 68.0 Å². The van der Waals surface area contributed by atoms with Gasteiger partial charge in [-0.15, -0.1) is 0 Å². The summed E-state index contributed by atoms with van der Waals surface area (Å²) < 4.78 is 6.41. The van der Waals surface area contributed by atoms with Crippen LogP contribution in [0, 0.1) is 68.0 Å². The summed E-state index contributed by atoms with van der Waals surface area (Å²) >= 11 is 0. The van der Waals surface area contributed by atoms with Gasteiger partial charge in [-0.25, -0.2) is 0 Å². The predicted molar refractivity (Wildman–Crippen MR) is 204 cm³/mol. The monoisotopic (exact) mass is 728 g/mol. The lowest BCUT2D eigenvalue weighted by Gasteiger charge is -2.72. The quantitative estimate of drug-likeness (QED) is 0.257. The maximum absolute atomic E-state index is 14.0. The van der Waals surface area contributed by atoms with Crippen LogP contribution in [0.4, 0.5) is 0 Å². The second-order valence-corrected chi connectivity index (χ2v) is 20.5. The number of pyridine rings is 1. The molecule has 0 radical (unpaired) electrons. The third-order valence-corrected chi connectivity index (χ3v) is 17.5. The number of esters is 1. The molecule has 7 rings (SSSR count). The first-order valence-corrected chi connectivity index (χ1v) is 20.6. The van der Waals surface area contributed by atoms with Crippen LogP contribution in [0.5, 0.6) is 0 Å². The van der Waals surface area contributed by atoms with E-state index in [1.807, 2.05) is 13.8 Å². The highest BCUT2D eigenvalue weighted by molar-refractivity contribution is 6.00. The van der Waals surface area contributed by atoms with Crippen LogP contribution in [0.1, 0.15) is 143 Å². The fourth-order valence-electron chi connectivity index (χ4n) is 14.2. The van der Waals surface area contributed by atoms with Crippen LogP contribution in [-0.4, -0.2) is 46.4 Å². The largest absolute Gasteiger partial charge is 0.481 e. The third-order valence-electron chi connectivity index (χ3n) is 17.5. The number of carbonyl (C=O) groups excluding carboxylic acids is 3. The summed E-state index contributed by atoms with van der Waals surface area (Å²) in [6.45, 7) is 21.1. The molecule has 5 fully saturated rings. The molecule has 8 nitrogen and oxygen atoms in total. The second-order valence-electron chi connectivity index (χ2n) is 20.5. The van der Waals surface area contributed by atoms with Gasteiger partial charge < -0.3 is 15.2 Å². The molecule has 0 spiro atoms. The minimum Gasteiger partial charge on any atom is -0.481 e. The number of hydrogen-bond acceptors (Lipinski definition) is 6. The first kappa shape index (κ1) is 38.3. The summed E-state index contributed by atoms with van der Waals surface area (Å²) in [7, 11) is 0. The Bertz CT molecular complexity index is 1710. The van der Waals surface area contributed by atoms with Crippen molar-refractivity contribution in [1.29, 1.82) is 0 Å². The van der Waals surface area contributed by atoms with Crippen LogP contribution >= 0.6 is 0 Å². The normalized spacial score (nSPS) is 41.0. The van der Waals surface area contributed by atoms with Crippen LogP contribution in [0.25, 0.3) is 0 Å². The molecule has 6 aliphatic rings. The summed E-state index contributed by atoms with van der Waals surface area (Å²) in [5, 5.41) is 12.8. The fourth-order valence-corrected chi connectivity index (χ4v) is 14.2. The Labute approximate surface area is 317 Å². The van der Waals surface area contributed by atoms with Crippen molar-refractivity contribution >= 4 is 23.6 Å². The fraction of sp³-hybridized carbons (Fsp3) is 0.756. The van der Waals surface area contributed by atoms with E-state index < -0.39 is 17.3 Å². The lowest BCUT2D eigenvalue weighted by Crippen LogP contribution is -2.66. The van der Waals surface area contributed by atoms with Crippen LogP contribution in [0.2, 0.25) is 0 Å². The Morgan fingerprint density at radius 2 is 1.57 bits per heavy atom. The number of fused-ring (bicyclic) bond motifs is 7. The number of ketones is 1. The Hall–Kier alpha value is -3.03. The number of allylic oxidation sites excluding steroid dienone is 2. The number of carboxylic acids is 1. The minimum atomic E-state index is -0.827. The molecule has 0 unspecified atom stereocenters. The first-order valence-electron chi connectivity index (χ1n) is 20.6. The molecule has 0 aromatic carbocycles. The maximum atomic E-state index is 14.0. The molecular formula is C45H64N2O6. The minimum absolute atomic E-state index is 0.0533. The molecule has 53 heavy (non-hydrogen) atoms. The molecule has 8 heteroatoms. The van der Waals surface area contributed by atoms with E-state index in [0.29, 0.717) is 48.5 Å². The Balaban J connectivity index is 1.12. The van der Waals surface area contributed by atoms with Gasteiger partial charge in [0.2, 0.25) is 0 Å². The van der Waals surface area contributed by atoms with E-state index in [2.05, 4.69) is 58.8 Å². The zero-order chi connectivity index (χ0) is 38.5. The van der Waals surface area contributed by atoms with Gasteiger partial charge in [-0.1, -0.05) is 67.9 Å². The predicted octanol–water partition coefficient (Wildman–Crippen LogP) is 8.84. The van der Waals surface area contributed by atoms with Crippen molar-refractivity contribution in [3.63, 3.8) is 0 Å². The standard InChI is InChI=1S/C45H64N2O6/c1-26(2)35-31(48)25-45(20-23-47-37(49)27-14-21-46-22-15-27)19-18-43(8)28(36(35)45)10-11-33-42(7)16-13-34(41(5,6)32(42)12-17-44(33,43)9)53-39(52)30-24-29(38(50)51)40(30,3)4/h14-15,21-22,26,28-30,32-34H,10-13,16-20,23-25H2,1-9H3,(H,47,49)(H,50,51)/t28-,29+,30-,32+,33-,34+,42+,43-,44-,45-/m1/s1. The van der Waals surface area contributed by atoms with E-state index in [0.717, 1.165) is 63.4 Å². The van der Waals surface area contributed by atoms with E-state index >= 15 is 0 Å². The van der Waals surface area contributed by atoms with Gasteiger partial charge in [-0.3, -0.25) is 24.2 Å². The molecule has 2 N–H and O–H groups in total. The van der Waals surface area contributed by atoms with Gasteiger partial charge in [-0.05, 0) is 127 Å². The SMILES string of the molecule is CC(C)C1=C2[C@H]3CC[C@@H]4[C@@]5(C)CC[C@H](OC(=O)[C@H]6C[C@@H](C(=O)O)C6(C)C)C(C)(C)[C@@H]5CC[C@@]4(C)[C@]3(C)CC[C@@]2(CCNC(=O)c2ccncc2)CC1=O. The number of carbonyl (C=O) groups is 4. The van der Waals surface area contributed by atoms with Crippen LogP contribution < -0.4 is 5.32 Å². The second kappa shape index (κ2) is 12.8. The molecule has 0 aliphatic heterocycles. The van der Waals surface area contributed by atoms with Crippen molar-refractivity contribution in [2.45, 2.75) is 139 Å². The third kappa shape index (κ3) is 5.51. The molecule has 0 saturated heterocycles. The number of Topliss-reactive ketones (excluding diaryl/α,β-unsaturated/α-hetero) is 1. The summed E-state index contributed by atoms with van der Waals surface area (Å²) in [6, 6.07) is 3.48. The van der Waals surface area contributed by atoms with Gasteiger partial charge in [0.15, 0.2) is 5.78 Å². The van der Waals surface area contributed by atoms with Crippen molar-refractivity contribution in [3.8, 4) is 0 Å². The lowest BCUT2D eigenvalue weighted by atomic mass is 9.33. The van der Waals surface area contributed by atoms with Gasteiger partial charge in [0.05, 0.1) is 11.8 Å². The summed E-state index contributed by atoms with van der Waals surface area (Å²) in [6.07, 6.45) is 13.2. The number of aromatic nitrogens is 1. The van der Waals surface area contributed by atoms with Crippen LogP contribution in [-0.2, 0) is 19.1 Å². The Morgan fingerprint density at radius 3 is 2.21 bits per heavy atom. The number of hydrogen-bond donors (Lipinski definition) is 2. The molecule has 290 valence electrons. The highest BCUT2D eigenvalue weighted by atomic mass is 16.5. The zero-order valence-corrected chi connectivity index (χ0v) is 33.8. The highest BCUT2D eigenvalue weighted by Gasteiger charge is 2.70. The number of aliphatic carboxylic acids is 1. The number of nitrogens with zero attached hydrogens (tertiary/aromatic N) is 1. The lowest BCUT2D eigenvalue weighted by molar-refractivity contribution is -0.236. The molecular weight excluding hydrogens is 665 g/mol. The van der Waals surface area contributed by atoms with E-state index in [-0.39, 0.29) is 56.9 Å². The van der Waals surface area contributed by atoms with Gasteiger partial charge in [0, 0.05) is 41.8 Å². The van der Waals surface area contributed by atoms with Crippen molar-refractivity contribution in [1.82, 2.24) is 10.3 Å². The van der Waals surface area contributed by atoms with E-state index in [4.69, 9.17) is 4.74 Å². The number of carboxylic acid groups (broad SMARTS) is 1. The van der Waals surface area contributed by atoms with Gasteiger partial charge >= 0.3 is 11.9 Å². The Kier molecular flexibility index (Phi) is 9.21. The van der Waals surface area contributed by atoms with Crippen molar-refractivity contribution in [3.05, 3.63) is 41.2 Å². The number of amides is 1. The van der Waals surface area contributed by atoms with Crippen molar-refractivity contribution < 1.29 is 29.0 Å². The van der Waals surface area contributed by atoms with Crippen LogP contribution in [0.15, 0.2) is 35.7 Å². The van der Waals surface area contributed by atoms with E-state index in [1.165, 1.54) is 5.57 Å². The molecule has 1 aromatic heterocycles.